The third kappa shape index (κ3) is 3.59. The minimum Gasteiger partial charge on any atom is -0.322 e. The van der Waals surface area contributed by atoms with E-state index in [1.165, 1.54) is 0 Å². The second-order valence-corrected chi connectivity index (χ2v) is 7.28. The predicted molar refractivity (Wildman–Crippen MR) is 116 cm³/mol. The van der Waals surface area contributed by atoms with E-state index in [9.17, 15) is 4.79 Å². The van der Waals surface area contributed by atoms with E-state index in [0.29, 0.717) is 27.0 Å². The number of pyridine rings is 1. The molecule has 4 aromatic rings. The van der Waals surface area contributed by atoms with Gasteiger partial charge in [-0.1, -0.05) is 65.7 Å². The third-order valence-corrected chi connectivity index (χ3v) is 5.28. The molecule has 5 heteroatoms. The highest BCUT2D eigenvalue weighted by molar-refractivity contribution is 6.33. The van der Waals surface area contributed by atoms with Crippen molar-refractivity contribution < 1.29 is 4.79 Å². The van der Waals surface area contributed by atoms with Crippen LogP contribution in [0.15, 0.2) is 72.8 Å². The molecular weight excluding hydrogens is 391 g/mol. The monoisotopic (exact) mass is 406 g/mol. The molecule has 1 amide bonds. The molecule has 0 spiro atoms. The Balaban J connectivity index is 1.82. The minimum absolute atomic E-state index is 0.230. The van der Waals surface area contributed by atoms with Gasteiger partial charge in [0.15, 0.2) is 0 Å². The van der Waals surface area contributed by atoms with Crippen LogP contribution in [0.3, 0.4) is 0 Å². The van der Waals surface area contributed by atoms with E-state index < -0.39 is 0 Å². The van der Waals surface area contributed by atoms with Gasteiger partial charge in [0.25, 0.3) is 5.91 Å². The molecule has 0 saturated heterocycles. The Morgan fingerprint density at radius 1 is 0.893 bits per heavy atom. The highest BCUT2D eigenvalue weighted by Gasteiger charge is 2.15. The number of nitrogens with one attached hydrogen (secondary N) is 1. The van der Waals surface area contributed by atoms with E-state index in [1.54, 1.807) is 12.1 Å². The van der Waals surface area contributed by atoms with Gasteiger partial charge in [0.2, 0.25) is 0 Å². The summed E-state index contributed by atoms with van der Waals surface area (Å²) in [5.74, 6) is -0.230. The number of carbonyl (C=O) groups is 1. The zero-order valence-corrected chi connectivity index (χ0v) is 16.6. The zero-order valence-electron chi connectivity index (χ0n) is 15.0. The van der Waals surface area contributed by atoms with E-state index in [2.05, 4.69) is 5.32 Å². The standard InChI is InChI=1S/C23H16Cl2N2O/c1-14-10-11-15(12-20(14)25)26-23(28)18-13-22(17-7-2-4-8-19(17)24)27-21-9-5-3-6-16(18)21/h2-13H,1H3,(H,26,28). The molecule has 0 radical (unpaired) electrons. The molecule has 0 atom stereocenters. The fourth-order valence-corrected chi connectivity index (χ4v) is 3.45. The fraction of sp³-hybridized carbons (Fsp3) is 0.0435. The average Bonchev–Trinajstić information content (AvgIpc) is 2.70. The van der Waals surface area contributed by atoms with Crippen molar-refractivity contribution in [2.75, 3.05) is 5.32 Å². The number of para-hydroxylation sites is 1. The molecule has 3 aromatic carbocycles. The van der Waals surface area contributed by atoms with Gasteiger partial charge in [-0.05, 0) is 42.8 Å². The maximum Gasteiger partial charge on any atom is 0.256 e. The first-order valence-corrected chi connectivity index (χ1v) is 9.51. The molecule has 1 heterocycles. The highest BCUT2D eigenvalue weighted by atomic mass is 35.5. The van der Waals surface area contributed by atoms with Gasteiger partial charge in [0, 0.05) is 26.7 Å². The number of hydrogen-bond donors (Lipinski definition) is 1. The lowest BCUT2D eigenvalue weighted by Gasteiger charge is -2.12. The fourth-order valence-electron chi connectivity index (χ4n) is 3.04. The van der Waals surface area contributed by atoms with Crippen LogP contribution < -0.4 is 5.32 Å². The number of aromatic nitrogens is 1. The Morgan fingerprint density at radius 3 is 2.43 bits per heavy atom. The Kier molecular flexibility index (Phi) is 5.03. The third-order valence-electron chi connectivity index (χ3n) is 4.54. The van der Waals surface area contributed by atoms with Crippen LogP contribution >= 0.6 is 23.2 Å². The SMILES string of the molecule is Cc1ccc(NC(=O)c2cc(-c3ccccc3Cl)nc3ccccc23)cc1Cl. The number of hydrogen-bond acceptors (Lipinski definition) is 2. The summed E-state index contributed by atoms with van der Waals surface area (Å²) < 4.78 is 0. The molecule has 0 aliphatic heterocycles. The van der Waals surface area contributed by atoms with Crippen molar-refractivity contribution in [1.82, 2.24) is 4.98 Å². The van der Waals surface area contributed by atoms with Gasteiger partial charge < -0.3 is 5.32 Å². The Labute approximate surface area is 172 Å². The maximum atomic E-state index is 13.1. The first-order chi connectivity index (χ1) is 13.5. The molecule has 0 bridgehead atoms. The van der Waals surface area contributed by atoms with Crippen LogP contribution in [0.1, 0.15) is 15.9 Å². The molecular formula is C23H16Cl2N2O. The van der Waals surface area contributed by atoms with Crippen LogP contribution in [0.2, 0.25) is 10.0 Å². The smallest absolute Gasteiger partial charge is 0.256 e. The number of fused-ring (bicyclic) bond motifs is 1. The van der Waals surface area contributed by atoms with Gasteiger partial charge in [-0.2, -0.15) is 0 Å². The number of benzene rings is 3. The van der Waals surface area contributed by atoms with Gasteiger partial charge in [-0.15, -0.1) is 0 Å². The molecule has 0 saturated carbocycles. The van der Waals surface area contributed by atoms with Crippen molar-refractivity contribution in [3.63, 3.8) is 0 Å². The van der Waals surface area contributed by atoms with Crippen molar-refractivity contribution in [2.24, 2.45) is 0 Å². The lowest BCUT2D eigenvalue weighted by Crippen LogP contribution is -2.13. The molecule has 1 N–H and O–H groups in total. The summed E-state index contributed by atoms with van der Waals surface area (Å²) in [7, 11) is 0. The van der Waals surface area contributed by atoms with E-state index >= 15 is 0 Å². The van der Waals surface area contributed by atoms with Crippen LogP contribution in [0, 0.1) is 6.92 Å². The maximum absolute atomic E-state index is 13.1. The van der Waals surface area contributed by atoms with Crippen molar-refractivity contribution in [2.45, 2.75) is 6.92 Å². The van der Waals surface area contributed by atoms with Crippen LogP contribution in [0.25, 0.3) is 22.2 Å². The normalized spacial score (nSPS) is 10.8. The lowest BCUT2D eigenvalue weighted by molar-refractivity contribution is 0.102. The summed E-state index contributed by atoms with van der Waals surface area (Å²) in [5, 5.41) is 4.89. The Hall–Kier alpha value is -2.88. The van der Waals surface area contributed by atoms with E-state index in [1.807, 2.05) is 67.6 Å². The van der Waals surface area contributed by atoms with Crippen LogP contribution in [0.5, 0.6) is 0 Å². The molecule has 0 fully saturated rings. The number of halogens is 2. The van der Waals surface area contributed by atoms with E-state index in [-0.39, 0.29) is 5.91 Å². The van der Waals surface area contributed by atoms with Gasteiger partial charge in [-0.25, -0.2) is 4.98 Å². The largest absolute Gasteiger partial charge is 0.322 e. The van der Waals surface area contributed by atoms with Gasteiger partial charge in [0.1, 0.15) is 0 Å². The number of carbonyl (C=O) groups excluding carboxylic acids is 1. The van der Waals surface area contributed by atoms with Gasteiger partial charge in [0.05, 0.1) is 16.8 Å². The molecule has 0 unspecified atom stereocenters. The van der Waals surface area contributed by atoms with Crippen molar-refractivity contribution in [3.8, 4) is 11.3 Å². The number of nitrogens with zero attached hydrogens (tertiary/aromatic N) is 1. The van der Waals surface area contributed by atoms with Gasteiger partial charge in [-0.3, -0.25) is 4.79 Å². The Morgan fingerprint density at radius 2 is 1.64 bits per heavy atom. The quantitative estimate of drug-likeness (QED) is 0.407. The first-order valence-electron chi connectivity index (χ1n) is 8.75. The van der Waals surface area contributed by atoms with Crippen LogP contribution in [-0.2, 0) is 0 Å². The van der Waals surface area contributed by atoms with Crippen molar-refractivity contribution in [1.29, 1.82) is 0 Å². The van der Waals surface area contributed by atoms with Crippen molar-refractivity contribution in [3.05, 3.63) is 94.0 Å². The Bertz CT molecular complexity index is 1200. The zero-order chi connectivity index (χ0) is 19.7. The number of rotatable bonds is 3. The molecule has 3 nitrogen and oxygen atoms in total. The second-order valence-electron chi connectivity index (χ2n) is 6.47. The first kappa shape index (κ1) is 18.5. The molecule has 0 aliphatic rings. The average molecular weight is 407 g/mol. The summed E-state index contributed by atoms with van der Waals surface area (Å²) in [6.45, 7) is 1.92. The minimum atomic E-state index is -0.230. The molecule has 28 heavy (non-hydrogen) atoms. The summed E-state index contributed by atoms with van der Waals surface area (Å²) in [6.07, 6.45) is 0. The second kappa shape index (κ2) is 7.63. The van der Waals surface area contributed by atoms with Crippen molar-refractivity contribution >= 4 is 45.7 Å². The highest BCUT2D eigenvalue weighted by Crippen LogP contribution is 2.30. The summed E-state index contributed by atoms with van der Waals surface area (Å²) in [4.78, 5) is 17.8. The molecule has 138 valence electrons. The summed E-state index contributed by atoms with van der Waals surface area (Å²) in [6, 6.07) is 22.2. The predicted octanol–water partition coefficient (Wildman–Crippen LogP) is 6.77. The number of amides is 1. The van der Waals surface area contributed by atoms with E-state index in [4.69, 9.17) is 28.2 Å². The summed E-state index contributed by atoms with van der Waals surface area (Å²) >= 11 is 12.5. The van der Waals surface area contributed by atoms with E-state index in [0.717, 1.165) is 22.0 Å². The topological polar surface area (TPSA) is 42.0 Å². The molecule has 1 aromatic heterocycles. The number of anilines is 1. The lowest BCUT2D eigenvalue weighted by atomic mass is 10.0. The van der Waals surface area contributed by atoms with Crippen LogP contribution in [0.4, 0.5) is 5.69 Å². The molecule has 4 rings (SSSR count). The van der Waals surface area contributed by atoms with Crippen LogP contribution in [-0.4, -0.2) is 10.9 Å². The van der Waals surface area contributed by atoms with Gasteiger partial charge >= 0.3 is 0 Å². The summed E-state index contributed by atoms with van der Waals surface area (Å²) in [5.41, 5.74) is 4.28. The number of aryl methyl sites for hydroxylation is 1. The molecule has 0 aliphatic carbocycles.